The second-order valence-corrected chi connectivity index (χ2v) is 8.53. The molecule has 1 unspecified atom stereocenters. The second kappa shape index (κ2) is 11.2. The zero-order valence-electron chi connectivity index (χ0n) is 18.9. The first-order valence-corrected chi connectivity index (χ1v) is 11.6. The van der Waals surface area contributed by atoms with Crippen molar-refractivity contribution in [2.45, 2.75) is 71.9 Å². The maximum atomic E-state index is 12.0. The number of guanidine groups is 1. The number of nitrogens with zero attached hydrogens (tertiary/aromatic N) is 2. The summed E-state index contributed by atoms with van der Waals surface area (Å²) >= 11 is 0. The fourth-order valence-electron chi connectivity index (χ4n) is 3.92. The van der Waals surface area contributed by atoms with E-state index >= 15 is 0 Å². The minimum atomic E-state index is 0.306. The van der Waals surface area contributed by atoms with E-state index < -0.39 is 0 Å². The average Bonchev–Trinajstić information content (AvgIpc) is 3.48. The second-order valence-electron chi connectivity index (χ2n) is 8.53. The lowest BCUT2D eigenvalue weighted by Crippen LogP contribution is -2.42. The van der Waals surface area contributed by atoms with Crippen LogP contribution in [0.1, 0.15) is 63.5 Å². The molecular weight excluding hydrogens is 376 g/mol. The average molecular weight is 415 g/mol. The van der Waals surface area contributed by atoms with Gasteiger partial charge in [-0.05, 0) is 63.5 Å². The maximum absolute atomic E-state index is 12.0. The quantitative estimate of drug-likeness (QED) is 0.429. The number of benzene rings is 1. The Morgan fingerprint density at radius 2 is 2.13 bits per heavy atom. The number of hydrogen-bond acceptors (Lipinski definition) is 3. The van der Waals surface area contributed by atoms with E-state index in [0.717, 1.165) is 68.7 Å². The Morgan fingerprint density at radius 1 is 1.30 bits per heavy atom. The summed E-state index contributed by atoms with van der Waals surface area (Å²) in [4.78, 5) is 18.9. The Labute approximate surface area is 181 Å². The molecule has 0 radical (unpaired) electrons. The van der Waals surface area contributed by atoms with Crippen LogP contribution in [0.25, 0.3) is 0 Å². The van der Waals surface area contributed by atoms with Crippen molar-refractivity contribution in [2.24, 2.45) is 10.9 Å². The Morgan fingerprint density at radius 3 is 2.80 bits per heavy atom. The van der Waals surface area contributed by atoms with E-state index in [1.54, 1.807) is 0 Å². The highest BCUT2D eigenvalue weighted by Gasteiger charge is 2.26. The number of carbonyl (C=O) groups is 1. The van der Waals surface area contributed by atoms with Crippen molar-refractivity contribution in [3.8, 4) is 5.75 Å². The van der Waals surface area contributed by atoms with E-state index in [0.29, 0.717) is 24.9 Å². The number of ether oxygens (including phenoxy) is 1. The van der Waals surface area contributed by atoms with Crippen molar-refractivity contribution >= 4 is 11.9 Å². The van der Waals surface area contributed by atoms with Crippen LogP contribution >= 0.6 is 0 Å². The lowest BCUT2D eigenvalue weighted by Gasteiger charge is -2.27. The molecule has 1 saturated heterocycles. The van der Waals surface area contributed by atoms with Crippen molar-refractivity contribution in [3.05, 3.63) is 29.3 Å². The van der Waals surface area contributed by atoms with Gasteiger partial charge in [-0.1, -0.05) is 19.1 Å². The molecule has 3 rings (SSSR count). The molecule has 0 aromatic heterocycles. The van der Waals surface area contributed by atoms with Crippen molar-refractivity contribution in [3.63, 3.8) is 0 Å². The summed E-state index contributed by atoms with van der Waals surface area (Å²) in [6.45, 7) is 10.2. The van der Waals surface area contributed by atoms with Crippen LogP contribution < -0.4 is 15.4 Å². The van der Waals surface area contributed by atoms with Gasteiger partial charge in [-0.2, -0.15) is 0 Å². The van der Waals surface area contributed by atoms with Gasteiger partial charge >= 0.3 is 0 Å². The summed E-state index contributed by atoms with van der Waals surface area (Å²) < 4.78 is 6.08. The fourth-order valence-corrected chi connectivity index (χ4v) is 3.92. The summed E-state index contributed by atoms with van der Waals surface area (Å²) in [5.41, 5.74) is 2.33. The van der Waals surface area contributed by atoms with Gasteiger partial charge in [-0.15, -0.1) is 0 Å². The van der Waals surface area contributed by atoms with E-state index in [2.05, 4.69) is 54.5 Å². The Hall–Kier alpha value is -2.24. The predicted octanol–water partition coefficient (Wildman–Crippen LogP) is 3.63. The summed E-state index contributed by atoms with van der Waals surface area (Å²) in [5.74, 6) is 2.81. The van der Waals surface area contributed by atoms with Gasteiger partial charge in [0.15, 0.2) is 5.96 Å². The molecule has 2 aliphatic rings. The lowest BCUT2D eigenvalue weighted by molar-refractivity contribution is -0.129. The lowest BCUT2D eigenvalue weighted by atomic mass is 10.1. The highest BCUT2D eigenvalue weighted by atomic mass is 16.5. The molecule has 1 aromatic carbocycles. The molecule has 1 heterocycles. The van der Waals surface area contributed by atoms with E-state index in [4.69, 9.17) is 9.73 Å². The third-order valence-corrected chi connectivity index (χ3v) is 5.94. The van der Waals surface area contributed by atoms with E-state index in [9.17, 15) is 4.79 Å². The van der Waals surface area contributed by atoms with Gasteiger partial charge in [0.1, 0.15) is 5.75 Å². The van der Waals surface area contributed by atoms with Crippen molar-refractivity contribution in [2.75, 3.05) is 26.2 Å². The molecule has 6 nitrogen and oxygen atoms in total. The zero-order valence-corrected chi connectivity index (χ0v) is 18.9. The number of likely N-dealkylation sites (tertiary alicyclic amines) is 1. The minimum Gasteiger partial charge on any atom is -0.493 e. The first kappa shape index (κ1) is 22.4. The van der Waals surface area contributed by atoms with E-state index in [1.165, 1.54) is 18.4 Å². The number of nitrogens with one attached hydrogen (secondary N) is 2. The molecule has 2 fully saturated rings. The first-order chi connectivity index (χ1) is 14.6. The van der Waals surface area contributed by atoms with Gasteiger partial charge in [0.25, 0.3) is 0 Å². The van der Waals surface area contributed by atoms with Crippen LogP contribution in [-0.4, -0.2) is 49.0 Å². The largest absolute Gasteiger partial charge is 0.493 e. The molecule has 0 bridgehead atoms. The van der Waals surface area contributed by atoms with Gasteiger partial charge in [0.05, 0.1) is 13.2 Å². The van der Waals surface area contributed by atoms with Gasteiger partial charge < -0.3 is 20.3 Å². The maximum Gasteiger partial charge on any atom is 0.222 e. The van der Waals surface area contributed by atoms with Crippen molar-refractivity contribution in [1.29, 1.82) is 0 Å². The van der Waals surface area contributed by atoms with Gasteiger partial charge in [0, 0.05) is 37.7 Å². The zero-order chi connectivity index (χ0) is 21.3. The van der Waals surface area contributed by atoms with Crippen molar-refractivity contribution < 1.29 is 9.53 Å². The Kier molecular flexibility index (Phi) is 8.40. The fraction of sp³-hybridized carbons (Fsp3) is 0.667. The molecule has 1 saturated carbocycles. The highest BCUT2D eigenvalue weighted by molar-refractivity contribution is 5.80. The van der Waals surface area contributed by atoms with E-state index in [1.807, 2.05) is 0 Å². The van der Waals surface area contributed by atoms with Gasteiger partial charge in [-0.3, -0.25) is 4.79 Å². The molecule has 1 amide bonds. The molecule has 1 aliphatic heterocycles. The molecule has 30 heavy (non-hydrogen) atoms. The third kappa shape index (κ3) is 6.64. The molecule has 166 valence electrons. The van der Waals surface area contributed by atoms with Crippen LogP contribution in [0.5, 0.6) is 5.75 Å². The molecule has 1 atom stereocenters. The normalized spacial score (nSPS) is 17.9. The van der Waals surface area contributed by atoms with Crippen LogP contribution in [0.3, 0.4) is 0 Å². The number of hydrogen-bond donors (Lipinski definition) is 2. The SMILES string of the molecule is CCNC(=NCc1ccc(C)cc1OCC1CC1)NCCC(CC)N1CCCC1=O. The highest BCUT2D eigenvalue weighted by Crippen LogP contribution is 2.31. The molecule has 1 aliphatic carbocycles. The molecule has 2 N–H and O–H groups in total. The first-order valence-electron chi connectivity index (χ1n) is 11.6. The number of aryl methyl sites for hydroxylation is 1. The predicted molar refractivity (Wildman–Crippen MR) is 122 cm³/mol. The molecular formula is C24H38N4O2. The third-order valence-electron chi connectivity index (χ3n) is 5.94. The summed E-state index contributed by atoms with van der Waals surface area (Å²) in [5, 5.41) is 6.78. The number of rotatable bonds is 11. The molecule has 6 heteroatoms. The monoisotopic (exact) mass is 414 g/mol. The number of carbonyl (C=O) groups excluding carboxylic acids is 1. The minimum absolute atomic E-state index is 0.306. The summed E-state index contributed by atoms with van der Waals surface area (Å²) in [6, 6.07) is 6.67. The molecule has 1 aromatic rings. The van der Waals surface area contributed by atoms with Crippen LogP contribution in [-0.2, 0) is 11.3 Å². The summed E-state index contributed by atoms with van der Waals surface area (Å²) in [7, 11) is 0. The van der Waals surface area contributed by atoms with Crippen molar-refractivity contribution in [1.82, 2.24) is 15.5 Å². The summed E-state index contributed by atoms with van der Waals surface area (Å²) in [6.07, 6.45) is 6.20. The van der Waals surface area contributed by atoms with Crippen LogP contribution in [0.15, 0.2) is 23.2 Å². The Balaban J connectivity index is 1.55. The standard InChI is InChI=1S/C24H38N4O2/c1-4-21(28-14-6-7-23(28)29)12-13-26-24(25-5-2)27-16-20-11-8-18(3)15-22(20)30-17-19-9-10-19/h8,11,15,19,21H,4-7,9-10,12-14,16-17H2,1-3H3,(H2,25,26,27). The smallest absolute Gasteiger partial charge is 0.222 e. The van der Waals surface area contributed by atoms with Crippen LogP contribution in [0, 0.1) is 12.8 Å². The number of amides is 1. The number of aliphatic imine (C=N–C) groups is 1. The van der Waals surface area contributed by atoms with E-state index in [-0.39, 0.29) is 0 Å². The van der Waals surface area contributed by atoms with Gasteiger partial charge in [-0.25, -0.2) is 4.99 Å². The van der Waals surface area contributed by atoms with Crippen LogP contribution in [0.2, 0.25) is 0 Å². The Bertz CT molecular complexity index is 730. The van der Waals surface area contributed by atoms with Gasteiger partial charge in [0.2, 0.25) is 5.91 Å². The molecule has 0 spiro atoms. The van der Waals surface area contributed by atoms with Crippen LogP contribution in [0.4, 0.5) is 0 Å². The topological polar surface area (TPSA) is 66.0 Å².